The second-order valence-corrected chi connectivity index (χ2v) is 4.08. The summed E-state index contributed by atoms with van der Waals surface area (Å²) in [5.41, 5.74) is 1.96. The van der Waals surface area contributed by atoms with Crippen molar-refractivity contribution in [3.8, 4) is 0 Å². The SMILES string of the molecule is CCNC(=O)NC(=O)[C@H](C)Nc1cccc(C)c1. The number of carbonyl (C=O) groups excluding carboxylic acids is 2. The van der Waals surface area contributed by atoms with Crippen LogP contribution in [0.15, 0.2) is 24.3 Å². The summed E-state index contributed by atoms with van der Waals surface area (Å²) < 4.78 is 0. The fraction of sp³-hybridized carbons (Fsp3) is 0.385. The summed E-state index contributed by atoms with van der Waals surface area (Å²) in [6.45, 7) is 5.96. The lowest BCUT2D eigenvalue weighted by Gasteiger charge is -2.15. The number of amides is 3. The van der Waals surface area contributed by atoms with E-state index in [2.05, 4.69) is 16.0 Å². The molecule has 0 radical (unpaired) electrons. The molecule has 0 bridgehead atoms. The zero-order chi connectivity index (χ0) is 13.5. The highest BCUT2D eigenvalue weighted by atomic mass is 16.2. The Morgan fingerprint density at radius 3 is 2.67 bits per heavy atom. The summed E-state index contributed by atoms with van der Waals surface area (Å²) in [6.07, 6.45) is 0. The molecule has 0 aliphatic heterocycles. The van der Waals surface area contributed by atoms with Crippen molar-refractivity contribution in [2.45, 2.75) is 26.8 Å². The Hall–Kier alpha value is -2.04. The van der Waals surface area contributed by atoms with Gasteiger partial charge in [-0.3, -0.25) is 10.1 Å². The van der Waals surface area contributed by atoms with Gasteiger partial charge in [-0.15, -0.1) is 0 Å². The van der Waals surface area contributed by atoms with E-state index in [1.165, 1.54) is 0 Å². The smallest absolute Gasteiger partial charge is 0.321 e. The van der Waals surface area contributed by atoms with Gasteiger partial charge in [-0.25, -0.2) is 4.79 Å². The number of nitrogens with one attached hydrogen (secondary N) is 3. The van der Waals surface area contributed by atoms with Gasteiger partial charge >= 0.3 is 6.03 Å². The Morgan fingerprint density at radius 2 is 2.06 bits per heavy atom. The number of benzene rings is 1. The summed E-state index contributed by atoms with van der Waals surface area (Å²) in [6, 6.07) is 6.75. The van der Waals surface area contributed by atoms with Gasteiger partial charge in [-0.2, -0.15) is 0 Å². The molecule has 0 heterocycles. The van der Waals surface area contributed by atoms with Gasteiger partial charge in [0.05, 0.1) is 0 Å². The van der Waals surface area contributed by atoms with E-state index in [0.717, 1.165) is 11.3 Å². The van der Waals surface area contributed by atoms with E-state index in [0.29, 0.717) is 6.54 Å². The molecule has 0 fully saturated rings. The van der Waals surface area contributed by atoms with E-state index in [9.17, 15) is 9.59 Å². The number of imide groups is 1. The van der Waals surface area contributed by atoms with Crippen molar-refractivity contribution in [3.63, 3.8) is 0 Å². The van der Waals surface area contributed by atoms with Crippen LogP contribution in [-0.4, -0.2) is 24.5 Å². The zero-order valence-electron chi connectivity index (χ0n) is 10.9. The van der Waals surface area contributed by atoms with Gasteiger partial charge in [0.2, 0.25) is 5.91 Å². The monoisotopic (exact) mass is 249 g/mol. The minimum absolute atomic E-state index is 0.359. The molecule has 18 heavy (non-hydrogen) atoms. The van der Waals surface area contributed by atoms with E-state index < -0.39 is 12.1 Å². The van der Waals surface area contributed by atoms with Gasteiger partial charge in [0, 0.05) is 12.2 Å². The average molecular weight is 249 g/mol. The highest BCUT2D eigenvalue weighted by Gasteiger charge is 2.14. The van der Waals surface area contributed by atoms with E-state index in [4.69, 9.17) is 0 Å². The zero-order valence-corrected chi connectivity index (χ0v) is 10.9. The van der Waals surface area contributed by atoms with Gasteiger partial charge in [0.15, 0.2) is 0 Å². The second kappa shape index (κ2) is 6.64. The molecule has 5 heteroatoms. The maximum Gasteiger partial charge on any atom is 0.321 e. The summed E-state index contributed by atoms with van der Waals surface area (Å²) in [5, 5.41) is 7.81. The van der Waals surface area contributed by atoms with Crippen molar-refractivity contribution in [1.82, 2.24) is 10.6 Å². The van der Waals surface area contributed by atoms with Crippen LogP contribution in [0.1, 0.15) is 19.4 Å². The molecule has 0 spiro atoms. The molecule has 0 unspecified atom stereocenters. The molecule has 1 rings (SSSR count). The molecule has 5 nitrogen and oxygen atoms in total. The molecule has 1 atom stereocenters. The fourth-order valence-electron chi connectivity index (χ4n) is 1.48. The molecule has 0 saturated heterocycles. The lowest BCUT2D eigenvalue weighted by molar-refractivity contribution is -0.120. The van der Waals surface area contributed by atoms with Gasteiger partial charge in [0.1, 0.15) is 6.04 Å². The molecular weight excluding hydrogens is 230 g/mol. The number of anilines is 1. The molecular formula is C13H19N3O2. The lowest BCUT2D eigenvalue weighted by atomic mass is 10.2. The molecule has 1 aromatic rings. The Labute approximate surface area is 107 Å². The van der Waals surface area contributed by atoms with Crippen LogP contribution >= 0.6 is 0 Å². The first kappa shape index (κ1) is 14.0. The van der Waals surface area contributed by atoms with Crippen molar-refractivity contribution in [3.05, 3.63) is 29.8 Å². The third-order valence-corrected chi connectivity index (χ3v) is 2.37. The predicted octanol–water partition coefficient (Wildman–Crippen LogP) is 1.64. The fourth-order valence-corrected chi connectivity index (χ4v) is 1.48. The standard InChI is InChI=1S/C13H19N3O2/c1-4-14-13(18)16-12(17)10(3)15-11-7-5-6-9(2)8-11/h5-8,10,15H,4H2,1-3H3,(H2,14,16,17,18)/t10-/m0/s1. The molecule has 0 aliphatic carbocycles. The molecule has 0 aliphatic rings. The van der Waals surface area contributed by atoms with E-state index in [1.807, 2.05) is 31.2 Å². The number of hydrogen-bond donors (Lipinski definition) is 3. The van der Waals surface area contributed by atoms with Gasteiger partial charge in [0.25, 0.3) is 0 Å². The largest absolute Gasteiger partial charge is 0.374 e. The summed E-state index contributed by atoms with van der Waals surface area (Å²) in [7, 11) is 0. The van der Waals surface area contributed by atoms with E-state index >= 15 is 0 Å². The number of aryl methyl sites for hydroxylation is 1. The van der Waals surface area contributed by atoms with Gasteiger partial charge in [-0.1, -0.05) is 12.1 Å². The third-order valence-electron chi connectivity index (χ3n) is 2.37. The number of rotatable bonds is 4. The molecule has 3 N–H and O–H groups in total. The van der Waals surface area contributed by atoms with Crippen LogP contribution in [0.3, 0.4) is 0 Å². The van der Waals surface area contributed by atoms with Crippen molar-refractivity contribution >= 4 is 17.6 Å². The Balaban J connectivity index is 2.52. The first-order valence-corrected chi connectivity index (χ1v) is 5.94. The van der Waals surface area contributed by atoms with E-state index in [1.54, 1.807) is 13.8 Å². The normalized spacial score (nSPS) is 11.5. The van der Waals surface area contributed by atoms with Gasteiger partial charge < -0.3 is 10.6 Å². The Bertz CT molecular complexity index is 432. The molecule has 1 aromatic carbocycles. The first-order valence-electron chi connectivity index (χ1n) is 5.94. The molecule has 3 amide bonds. The van der Waals surface area contributed by atoms with Gasteiger partial charge in [-0.05, 0) is 38.5 Å². The number of hydrogen-bond acceptors (Lipinski definition) is 3. The third kappa shape index (κ3) is 4.45. The lowest BCUT2D eigenvalue weighted by Crippen LogP contribution is -2.45. The van der Waals surface area contributed by atoms with Crippen LogP contribution in [0.2, 0.25) is 0 Å². The van der Waals surface area contributed by atoms with Crippen LogP contribution in [-0.2, 0) is 4.79 Å². The van der Waals surface area contributed by atoms with Crippen LogP contribution in [0.25, 0.3) is 0 Å². The highest BCUT2D eigenvalue weighted by Crippen LogP contribution is 2.10. The number of carbonyl (C=O) groups is 2. The topological polar surface area (TPSA) is 70.2 Å². The minimum atomic E-state index is -0.477. The number of urea groups is 1. The summed E-state index contributed by atoms with van der Waals surface area (Å²) >= 11 is 0. The maximum atomic E-state index is 11.7. The second-order valence-electron chi connectivity index (χ2n) is 4.08. The highest BCUT2D eigenvalue weighted by molar-refractivity contribution is 5.97. The van der Waals surface area contributed by atoms with Crippen LogP contribution < -0.4 is 16.0 Å². The van der Waals surface area contributed by atoms with Crippen molar-refractivity contribution in [2.75, 3.05) is 11.9 Å². The molecule has 0 aromatic heterocycles. The quantitative estimate of drug-likeness (QED) is 0.759. The first-order chi connectivity index (χ1) is 8.52. The summed E-state index contributed by atoms with van der Waals surface area (Å²) in [5.74, 6) is -0.359. The van der Waals surface area contributed by atoms with Crippen LogP contribution in [0.5, 0.6) is 0 Å². The minimum Gasteiger partial charge on any atom is -0.374 e. The van der Waals surface area contributed by atoms with Crippen LogP contribution in [0, 0.1) is 6.92 Å². The maximum absolute atomic E-state index is 11.7. The van der Waals surface area contributed by atoms with Crippen LogP contribution in [0.4, 0.5) is 10.5 Å². The van der Waals surface area contributed by atoms with E-state index in [-0.39, 0.29) is 5.91 Å². The van der Waals surface area contributed by atoms with Crippen molar-refractivity contribution in [2.24, 2.45) is 0 Å². The molecule has 0 saturated carbocycles. The van der Waals surface area contributed by atoms with Crippen molar-refractivity contribution in [1.29, 1.82) is 0 Å². The summed E-state index contributed by atoms with van der Waals surface area (Å²) in [4.78, 5) is 22.9. The Morgan fingerprint density at radius 1 is 1.33 bits per heavy atom. The Kier molecular flexibility index (Phi) is 5.17. The van der Waals surface area contributed by atoms with Crippen molar-refractivity contribution < 1.29 is 9.59 Å². The average Bonchev–Trinajstić information content (AvgIpc) is 2.29. The predicted molar refractivity (Wildman–Crippen MR) is 71.5 cm³/mol. The molecule has 98 valence electrons.